The third-order valence-corrected chi connectivity index (χ3v) is 4.31. The Morgan fingerprint density at radius 3 is 2.68 bits per heavy atom. The van der Waals surface area contributed by atoms with Gasteiger partial charge in [0.05, 0.1) is 17.7 Å². The number of benzene rings is 2. The third kappa shape index (κ3) is 2.48. The number of aryl methyl sites for hydroxylation is 1. The molecule has 0 radical (unpaired) electrons. The number of hydrogen-bond acceptors (Lipinski definition) is 4. The number of nitrogens with zero attached hydrogens (tertiary/aromatic N) is 2. The van der Waals surface area contributed by atoms with Gasteiger partial charge in [-0.25, -0.2) is 0 Å². The van der Waals surface area contributed by atoms with Gasteiger partial charge in [0.1, 0.15) is 28.4 Å². The van der Waals surface area contributed by atoms with Gasteiger partial charge in [0.2, 0.25) is 0 Å². The topological polar surface area (TPSA) is 57.3 Å². The molecule has 0 saturated carbocycles. The maximum atomic E-state index is 12.9. The van der Waals surface area contributed by atoms with E-state index in [1.54, 1.807) is 31.2 Å². The molecule has 4 rings (SSSR count). The molecule has 25 heavy (non-hydrogen) atoms. The molecule has 6 heteroatoms. The van der Waals surface area contributed by atoms with Gasteiger partial charge in [0.15, 0.2) is 0 Å². The zero-order valence-electron chi connectivity index (χ0n) is 13.7. The molecule has 0 unspecified atom stereocenters. The first-order chi connectivity index (χ1) is 12.1. The van der Waals surface area contributed by atoms with Gasteiger partial charge in [-0.2, -0.15) is 9.78 Å². The van der Waals surface area contributed by atoms with Gasteiger partial charge in [-0.1, -0.05) is 17.7 Å². The van der Waals surface area contributed by atoms with E-state index in [2.05, 4.69) is 5.10 Å². The predicted molar refractivity (Wildman–Crippen MR) is 97.1 cm³/mol. The van der Waals surface area contributed by atoms with Gasteiger partial charge in [-0.15, -0.1) is 0 Å². The summed E-state index contributed by atoms with van der Waals surface area (Å²) in [6.07, 6.45) is 0. The van der Waals surface area contributed by atoms with Crippen LogP contribution in [0.25, 0.3) is 27.9 Å². The molecule has 2 aliphatic heterocycles. The van der Waals surface area contributed by atoms with E-state index in [0.717, 1.165) is 0 Å². The molecule has 0 saturated heterocycles. The summed E-state index contributed by atoms with van der Waals surface area (Å²) in [5, 5.41) is 5.87. The Bertz CT molecular complexity index is 1100. The molecule has 0 amide bonds. The molecule has 2 aliphatic rings. The van der Waals surface area contributed by atoms with Gasteiger partial charge in [0.25, 0.3) is 5.56 Å². The second-order valence-electron chi connectivity index (χ2n) is 5.64. The fraction of sp³-hybridized carbons (Fsp3) is 0.158. The molecule has 2 aromatic carbocycles. The molecule has 0 atom stereocenters. The Balaban J connectivity index is 2.08. The highest BCUT2D eigenvalue weighted by Gasteiger charge is 2.25. The van der Waals surface area contributed by atoms with Gasteiger partial charge in [0, 0.05) is 5.02 Å². The summed E-state index contributed by atoms with van der Waals surface area (Å²) >= 11 is 5.94. The van der Waals surface area contributed by atoms with Crippen LogP contribution in [0.2, 0.25) is 5.02 Å². The van der Waals surface area contributed by atoms with Crippen molar-refractivity contribution in [2.75, 3.05) is 6.61 Å². The number of ether oxygens (including phenoxy) is 1. The van der Waals surface area contributed by atoms with E-state index in [9.17, 15) is 4.79 Å². The highest BCUT2D eigenvalue weighted by atomic mass is 35.5. The van der Waals surface area contributed by atoms with Crippen molar-refractivity contribution < 1.29 is 9.15 Å². The zero-order chi connectivity index (χ0) is 17.6. The van der Waals surface area contributed by atoms with Crippen molar-refractivity contribution in [2.45, 2.75) is 13.8 Å². The average molecular weight is 355 g/mol. The maximum Gasteiger partial charge on any atom is 0.284 e. The van der Waals surface area contributed by atoms with Gasteiger partial charge in [-0.3, -0.25) is 4.79 Å². The Morgan fingerprint density at radius 1 is 1.20 bits per heavy atom. The number of halogens is 1. The SMILES string of the molecule is CCOc1cccc2oc(C)c3c(=O)n(-c4ccc(Cl)cc4)nc-3c12. The van der Waals surface area contributed by atoms with Gasteiger partial charge >= 0.3 is 0 Å². The molecule has 5 nitrogen and oxygen atoms in total. The molecule has 0 spiro atoms. The van der Waals surface area contributed by atoms with Crippen LogP contribution in [0.3, 0.4) is 0 Å². The van der Waals surface area contributed by atoms with E-state index >= 15 is 0 Å². The van der Waals surface area contributed by atoms with Crippen molar-refractivity contribution in [1.82, 2.24) is 9.78 Å². The lowest BCUT2D eigenvalue weighted by Gasteiger charge is -2.10. The second-order valence-corrected chi connectivity index (χ2v) is 6.07. The molecule has 126 valence electrons. The Labute approximate surface area is 148 Å². The lowest BCUT2D eigenvalue weighted by Crippen LogP contribution is -2.14. The van der Waals surface area contributed by atoms with E-state index < -0.39 is 0 Å². The summed E-state index contributed by atoms with van der Waals surface area (Å²) in [5.74, 6) is 1.18. The normalized spacial score (nSPS) is 11.3. The first kappa shape index (κ1) is 15.7. The van der Waals surface area contributed by atoms with Crippen molar-refractivity contribution in [3.63, 3.8) is 0 Å². The van der Waals surface area contributed by atoms with Crippen LogP contribution in [0.15, 0.2) is 51.7 Å². The minimum Gasteiger partial charge on any atom is -0.493 e. The number of hydrogen-bond donors (Lipinski definition) is 0. The van der Waals surface area contributed by atoms with Crippen LogP contribution in [0.1, 0.15) is 12.7 Å². The Hall–Kier alpha value is -2.79. The van der Waals surface area contributed by atoms with Crippen molar-refractivity contribution in [1.29, 1.82) is 0 Å². The summed E-state index contributed by atoms with van der Waals surface area (Å²) in [7, 11) is 0. The largest absolute Gasteiger partial charge is 0.493 e. The summed E-state index contributed by atoms with van der Waals surface area (Å²) in [5.41, 5.74) is 2.08. The van der Waals surface area contributed by atoms with Crippen molar-refractivity contribution in [2.24, 2.45) is 0 Å². The minimum atomic E-state index is -0.230. The van der Waals surface area contributed by atoms with Crippen molar-refractivity contribution in [3.05, 3.63) is 63.6 Å². The molecule has 0 bridgehead atoms. The average Bonchev–Trinajstić information content (AvgIpc) is 2.94. The summed E-state index contributed by atoms with van der Waals surface area (Å²) in [6, 6.07) is 12.5. The lowest BCUT2D eigenvalue weighted by atomic mass is 10.1. The first-order valence-corrected chi connectivity index (χ1v) is 8.32. The minimum absolute atomic E-state index is 0.230. The highest BCUT2D eigenvalue weighted by molar-refractivity contribution is 6.30. The van der Waals surface area contributed by atoms with E-state index in [1.807, 2.05) is 25.1 Å². The zero-order valence-corrected chi connectivity index (χ0v) is 14.5. The fourth-order valence-electron chi connectivity index (χ4n) is 2.97. The Morgan fingerprint density at radius 2 is 1.96 bits per heavy atom. The molecule has 0 N–H and O–H groups in total. The van der Waals surface area contributed by atoms with Gasteiger partial charge < -0.3 is 9.15 Å². The van der Waals surface area contributed by atoms with Crippen LogP contribution < -0.4 is 10.3 Å². The van der Waals surface area contributed by atoms with E-state index in [-0.39, 0.29) is 5.56 Å². The van der Waals surface area contributed by atoms with Gasteiger partial charge in [-0.05, 0) is 50.2 Å². The lowest BCUT2D eigenvalue weighted by molar-refractivity contribution is 0.344. The molecular weight excluding hydrogens is 340 g/mol. The summed E-state index contributed by atoms with van der Waals surface area (Å²) < 4.78 is 12.9. The second kappa shape index (κ2) is 5.93. The number of aromatic nitrogens is 2. The molecular formula is C19H15ClN2O3. The van der Waals surface area contributed by atoms with E-state index in [1.165, 1.54) is 4.68 Å². The van der Waals surface area contributed by atoms with Crippen LogP contribution in [0.4, 0.5) is 0 Å². The quantitative estimate of drug-likeness (QED) is 0.545. The van der Waals surface area contributed by atoms with Crippen LogP contribution in [-0.2, 0) is 0 Å². The van der Waals surface area contributed by atoms with Crippen molar-refractivity contribution >= 4 is 22.6 Å². The van der Waals surface area contributed by atoms with Crippen LogP contribution in [0.5, 0.6) is 5.75 Å². The maximum absolute atomic E-state index is 12.9. The summed E-state index contributed by atoms with van der Waals surface area (Å²) in [4.78, 5) is 12.9. The van der Waals surface area contributed by atoms with E-state index in [4.69, 9.17) is 20.8 Å². The molecule has 0 aromatic heterocycles. The molecule has 2 aromatic rings. The van der Waals surface area contributed by atoms with Crippen molar-refractivity contribution in [3.8, 4) is 22.7 Å². The fourth-order valence-corrected chi connectivity index (χ4v) is 3.10. The smallest absolute Gasteiger partial charge is 0.284 e. The Kier molecular flexibility index (Phi) is 3.73. The highest BCUT2D eigenvalue weighted by Crippen LogP contribution is 2.36. The van der Waals surface area contributed by atoms with Crippen LogP contribution in [-0.4, -0.2) is 16.4 Å². The van der Waals surface area contributed by atoms with Crippen LogP contribution >= 0.6 is 11.6 Å². The predicted octanol–water partition coefficient (Wildman–Crippen LogP) is 4.44. The summed E-state index contributed by atoms with van der Waals surface area (Å²) in [6.45, 7) is 4.19. The molecule has 0 aliphatic carbocycles. The number of fused-ring (bicyclic) bond motifs is 3. The van der Waals surface area contributed by atoms with Crippen LogP contribution in [0, 0.1) is 6.92 Å². The monoisotopic (exact) mass is 354 g/mol. The standard InChI is InChI=1S/C19H15ClN2O3/c1-3-24-14-5-4-6-15-17(14)18-16(11(2)25-15)19(23)22(21-18)13-9-7-12(20)8-10-13/h4-10H,3H2,1-2H3. The molecule has 0 fully saturated rings. The molecule has 2 heterocycles. The van der Waals surface area contributed by atoms with E-state index in [0.29, 0.717) is 51.1 Å². The first-order valence-electron chi connectivity index (χ1n) is 7.94. The number of rotatable bonds is 3. The third-order valence-electron chi connectivity index (χ3n) is 4.05.